The molecule has 0 saturated heterocycles. The van der Waals surface area contributed by atoms with Gasteiger partial charge in [-0.15, -0.1) is 0 Å². The van der Waals surface area contributed by atoms with Gasteiger partial charge in [0.15, 0.2) is 0 Å². The molecule has 4 nitrogen and oxygen atoms in total. The molecule has 2 N–H and O–H groups in total. The summed E-state index contributed by atoms with van der Waals surface area (Å²) in [6.45, 7) is 2.85. The van der Waals surface area contributed by atoms with Crippen molar-refractivity contribution in [1.82, 2.24) is 10.3 Å². The van der Waals surface area contributed by atoms with E-state index in [4.69, 9.17) is 0 Å². The minimum Gasteiger partial charge on any atom is -0.372 e. The van der Waals surface area contributed by atoms with Gasteiger partial charge in [0.25, 0.3) is 5.91 Å². The van der Waals surface area contributed by atoms with Crippen molar-refractivity contribution in [2.24, 2.45) is 0 Å². The summed E-state index contributed by atoms with van der Waals surface area (Å²) in [4.78, 5) is 16.0. The summed E-state index contributed by atoms with van der Waals surface area (Å²) in [5.74, 6) is 0.540. The van der Waals surface area contributed by atoms with Crippen molar-refractivity contribution in [2.45, 2.75) is 18.6 Å². The van der Waals surface area contributed by atoms with E-state index in [1.165, 1.54) is 0 Å². The maximum absolute atomic E-state index is 11.9. The zero-order valence-corrected chi connectivity index (χ0v) is 11.3. The number of carbonyl (C=O) groups excluding carboxylic acids is 1. The summed E-state index contributed by atoms with van der Waals surface area (Å²) in [5, 5.41) is 6.38. The number of hydrogen-bond acceptors (Lipinski definition) is 4. The van der Waals surface area contributed by atoms with Crippen LogP contribution in [0.1, 0.15) is 23.7 Å². The lowest BCUT2D eigenvalue weighted by atomic mass is 10.2. The summed E-state index contributed by atoms with van der Waals surface area (Å²) in [6.07, 6.45) is 4.72. The van der Waals surface area contributed by atoms with E-state index in [9.17, 15) is 4.79 Å². The number of aromatic nitrogens is 1. The van der Waals surface area contributed by atoms with E-state index in [1.807, 2.05) is 0 Å². The molecule has 94 valence electrons. The number of rotatable bonds is 6. The second-order valence-corrected chi connectivity index (χ2v) is 5.02. The molecule has 1 aromatic rings. The van der Waals surface area contributed by atoms with Crippen LogP contribution >= 0.6 is 11.8 Å². The molecule has 0 fully saturated rings. The predicted molar refractivity (Wildman–Crippen MR) is 73.7 cm³/mol. The van der Waals surface area contributed by atoms with E-state index >= 15 is 0 Å². The van der Waals surface area contributed by atoms with E-state index in [1.54, 1.807) is 37.1 Å². The number of nitrogens with one attached hydrogen (secondary N) is 2. The maximum atomic E-state index is 11.9. The molecule has 0 radical (unpaired) electrons. The number of thioether (sulfide) groups is 1. The van der Waals surface area contributed by atoms with Crippen molar-refractivity contribution in [3.8, 4) is 0 Å². The third-order valence-electron chi connectivity index (χ3n) is 2.53. The van der Waals surface area contributed by atoms with Crippen LogP contribution < -0.4 is 10.6 Å². The van der Waals surface area contributed by atoms with Gasteiger partial charge >= 0.3 is 0 Å². The Morgan fingerprint density at radius 2 is 2.35 bits per heavy atom. The minimum atomic E-state index is -0.0734. The largest absolute Gasteiger partial charge is 0.372 e. The lowest BCUT2D eigenvalue weighted by Gasteiger charge is -2.10. The molecule has 0 aliphatic heterocycles. The van der Waals surface area contributed by atoms with Crippen molar-refractivity contribution < 1.29 is 4.79 Å². The van der Waals surface area contributed by atoms with Crippen molar-refractivity contribution in [1.29, 1.82) is 0 Å². The Morgan fingerprint density at radius 3 is 3.00 bits per heavy atom. The number of anilines is 1. The smallest absolute Gasteiger partial charge is 0.255 e. The number of nitrogens with zero attached hydrogens (tertiary/aromatic N) is 1. The van der Waals surface area contributed by atoms with Gasteiger partial charge in [-0.3, -0.25) is 4.79 Å². The average molecular weight is 253 g/mol. The minimum absolute atomic E-state index is 0.0734. The highest BCUT2D eigenvalue weighted by Gasteiger charge is 2.10. The van der Waals surface area contributed by atoms with Crippen molar-refractivity contribution in [2.75, 3.05) is 25.2 Å². The van der Waals surface area contributed by atoms with E-state index in [-0.39, 0.29) is 5.91 Å². The van der Waals surface area contributed by atoms with Gasteiger partial charge in [-0.1, -0.05) is 6.92 Å². The number of pyridine rings is 1. The zero-order chi connectivity index (χ0) is 12.7. The highest BCUT2D eigenvalue weighted by atomic mass is 32.2. The van der Waals surface area contributed by atoms with Crippen LogP contribution in [0.2, 0.25) is 0 Å². The molecule has 0 spiro atoms. The van der Waals surface area contributed by atoms with Gasteiger partial charge in [-0.2, -0.15) is 11.8 Å². The number of hydrogen-bond donors (Lipinski definition) is 2. The van der Waals surface area contributed by atoms with Crippen LogP contribution in [0.3, 0.4) is 0 Å². The van der Waals surface area contributed by atoms with Gasteiger partial charge in [0.05, 0.1) is 5.56 Å². The molecule has 0 aliphatic carbocycles. The second-order valence-electron chi connectivity index (χ2n) is 3.74. The fourth-order valence-corrected chi connectivity index (χ4v) is 1.74. The summed E-state index contributed by atoms with van der Waals surface area (Å²) < 4.78 is 0. The van der Waals surface area contributed by atoms with E-state index in [0.29, 0.717) is 23.2 Å². The molecular weight excluding hydrogens is 234 g/mol. The van der Waals surface area contributed by atoms with Crippen LogP contribution in [0.15, 0.2) is 18.3 Å². The van der Waals surface area contributed by atoms with Gasteiger partial charge in [0.2, 0.25) is 0 Å². The van der Waals surface area contributed by atoms with Crippen molar-refractivity contribution in [3.63, 3.8) is 0 Å². The quantitative estimate of drug-likeness (QED) is 0.814. The first kappa shape index (κ1) is 13.8. The number of carbonyl (C=O) groups is 1. The van der Waals surface area contributed by atoms with E-state index < -0.39 is 0 Å². The lowest BCUT2D eigenvalue weighted by molar-refractivity contribution is 0.0954. The highest BCUT2D eigenvalue weighted by molar-refractivity contribution is 7.99. The Bertz CT molecular complexity index is 371. The average Bonchev–Trinajstić information content (AvgIpc) is 2.38. The van der Waals surface area contributed by atoms with Crippen LogP contribution in [0.25, 0.3) is 0 Å². The molecule has 0 bridgehead atoms. The predicted octanol–water partition coefficient (Wildman–Crippen LogP) is 1.99. The van der Waals surface area contributed by atoms with Crippen LogP contribution in [0.5, 0.6) is 0 Å². The molecule has 1 unspecified atom stereocenters. The van der Waals surface area contributed by atoms with E-state index in [0.717, 1.165) is 6.42 Å². The summed E-state index contributed by atoms with van der Waals surface area (Å²) in [7, 11) is 1.76. The SMILES string of the molecule is CNc1ncccc1C(=O)NCCC(C)SC. The molecular formula is C12H19N3OS. The molecule has 1 amide bonds. The molecule has 17 heavy (non-hydrogen) atoms. The standard InChI is InChI=1S/C12H19N3OS/c1-9(17-3)6-8-15-12(16)10-5-4-7-14-11(10)13-2/h4-5,7,9H,6,8H2,1-3H3,(H,13,14)(H,15,16). The lowest BCUT2D eigenvalue weighted by Crippen LogP contribution is -2.26. The summed E-state index contributed by atoms with van der Waals surface area (Å²) in [5.41, 5.74) is 0.590. The Hall–Kier alpha value is -1.23. The van der Waals surface area contributed by atoms with E-state index in [2.05, 4.69) is 28.8 Å². The second kappa shape index (κ2) is 7.17. The van der Waals surface area contributed by atoms with Crippen molar-refractivity contribution >= 4 is 23.5 Å². The first-order chi connectivity index (χ1) is 8.19. The Labute approximate surface area is 107 Å². The van der Waals surface area contributed by atoms with Crippen LogP contribution in [0, 0.1) is 0 Å². The van der Waals surface area contributed by atoms with Gasteiger partial charge < -0.3 is 10.6 Å². The monoisotopic (exact) mass is 253 g/mol. The van der Waals surface area contributed by atoms with Gasteiger partial charge in [-0.05, 0) is 24.8 Å². The van der Waals surface area contributed by atoms with Crippen molar-refractivity contribution in [3.05, 3.63) is 23.9 Å². The highest BCUT2D eigenvalue weighted by Crippen LogP contribution is 2.11. The third kappa shape index (κ3) is 4.26. The molecule has 5 heteroatoms. The first-order valence-electron chi connectivity index (χ1n) is 5.62. The Balaban J connectivity index is 2.52. The summed E-state index contributed by atoms with van der Waals surface area (Å²) >= 11 is 1.80. The van der Waals surface area contributed by atoms with Crippen LogP contribution in [-0.4, -0.2) is 36.0 Å². The third-order valence-corrected chi connectivity index (χ3v) is 3.57. The van der Waals surface area contributed by atoms with Crippen LogP contribution in [-0.2, 0) is 0 Å². The Morgan fingerprint density at radius 1 is 1.59 bits per heavy atom. The first-order valence-corrected chi connectivity index (χ1v) is 6.91. The molecule has 0 aromatic carbocycles. The molecule has 1 aromatic heterocycles. The maximum Gasteiger partial charge on any atom is 0.255 e. The fraction of sp³-hybridized carbons (Fsp3) is 0.500. The topological polar surface area (TPSA) is 54.0 Å². The molecule has 1 atom stereocenters. The summed E-state index contributed by atoms with van der Waals surface area (Å²) in [6, 6.07) is 3.53. The molecule has 0 saturated carbocycles. The van der Waals surface area contributed by atoms with Gasteiger partial charge in [0, 0.05) is 25.0 Å². The molecule has 1 rings (SSSR count). The molecule has 0 aliphatic rings. The van der Waals surface area contributed by atoms with Gasteiger partial charge in [-0.25, -0.2) is 4.98 Å². The van der Waals surface area contributed by atoms with Crippen LogP contribution in [0.4, 0.5) is 5.82 Å². The normalized spacial score (nSPS) is 11.9. The van der Waals surface area contributed by atoms with Gasteiger partial charge in [0.1, 0.15) is 5.82 Å². The zero-order valence-electron chi connectivity index (χ0n) is 10.5. The number of amides is 1. The Kier molecular flexibility index (Phi) is 5.83. The molecule has 1 heterocycles. The fourth-order valence-electron chi connectivity index (χ4n) is 1.39.